The number of hydrogen-bond donors (Lipinski definition) is 1. The highest BCUT2D eigenvalue weighted by Crippen LogP contribution is 2.18. The Hall–Kier alpha value is -1.12. The van der Waals surface area contributed by atoms with E-state index in [0.29, 0.717) is 5.82 Å². The molecule has 0 saturated carbocycles. The van der Waals surface area contributed by atoms with Gasteiger partial charge >= 0.3 is 0 Å². The zero-order valence-electron chi connectivity index (χ0n) is 10.6. The molecule has 0 aliphatic heterocycles. The van der Waals surface area contributed by atoms with Gasteiger partial charge in [-0.05, 0) is 37.3 Å². The first-order valence-electron chi connectivity index (χ1n) is 6.97. The highest BCUT2D eigenvalue weighted by molar-refractivity contribution is 5.33. The van der Waals surface area contributed by atoms with Gasteiger partial charge in [0, 0.05) is 0 Å². The van der Waals surface area contributed by atoms with Gasteiger partial charge in [-0.15, -0.1) is 5.10 Å². The number of fused-ring (bicyclic) bond motifs is 1. The van der Waals surface area contributed by atoms with Crippen LogP contribution in [0.2, 0.25) is 0 Å². The van der Waals surface area contributed by atoms with E-state index >= 15 is 0 Å². The molecule has 0 radical (unpaired) electrons. The molecule has 0 bridgehead atoms. The molecule has 94 valence electrons. The largest absolute Gasteiger partial charge is 0.382 e. The van der Waals surface area contributed by atoms with Gasteiger partial charge < -0.3 is 5.73 Å². The molecule has 2 N–H and O–H groups in total. The van der Waals surface area contributed by atoms with Crippen LogP contribution in [0, 0.1) is 0 Å². The zero-order chi connectivity index (χ0) is 11.9. The van der Waals surface area contributed by atoms with Crippen molar-refractivity contribution in [1.29, 1.82) is 0 Å². The lowest BCUT2D eigenvalue weighted by Crippen LogP contribution is -2.04. The second kappa shape index (κ2) is 6.58. The summed E-state index contributed by atoms with van der Waals surface area (Å²) in [6.45, 7) is 0. The Morgan fingerprint density at radius 2 is 1.35 bits per heavy atom. The molecular weight excluding hydrogens is 210 g/mol. The van der Waals surface area contributed by atoms with Gasteiger partial charge in [-0.3, -0.25) is 0 Å². The highest BCUT2D eigenvalue weighted by Gasteiger charge is 2.07. The van der Waals surface area contributed by atoms with E-state index in [4.69, 9.17) is 5.73 Å². The first-order valence-corrected chi connectivity index (χ1v) is 6.97. The van der Waals surface area contributed by atoms with Crippen LogP contribution in [0.25, 0.3) is 0 Å². The Kier molecular flexibility index (Phi) is 4.77. The molecular formula is C14H23N3. The Bertz CT molecular complexity index is 349. The van der Waals surface area contributed by atoms with E-state index in [0.717, 1.165) is 12.8 Å². The molecule has 2 rings (SSSR count). The normalized spacial score (nSPS) is 18.8. The average Bonchev–Trinajstić information content (AvgIpc) is 2.31. The number of nitrogen functional groups attached to an aromatic ring is 1. The Morgan fingerprint density at radius 1 is 0.765 bits per heavy atom. The van der Waals surface area contributed by atoms with Crippen LogP contribution in [0.5, 0.6) is 0 Å². The first-order chi connectivity index (χ1) is 8.36. The Balaban J connectivity index is 2.05. The topological polar surface area (TPSA) is 51.8 Å². The Morgan fingerprint density at radius 3 is 2.06 bits per heavy atom. The lowest BCUT2D eigenvalue weighted by molar-refractivity contribution is 0.555. The number of nitrogens with two attached hydrogens (primary N) is 1. The maximum atomic E-state index is 5.72. The lowest BCUT2D eigenvalue weighted by Gasteiger charge is -2.10. The van der Waals surface area contributed by atoms with Crippen LogP contribution in [0.15, 0.2) is 6.07 Å². The van der Waals surface area contributed by atoms with E-state index in [9.17, 15) is 0 Å². The monoisotopic (exact) mass is 233 g/mol. The fourth-order valence-electron chi connectivity index (χ4n) is 2.57. The van der Waals surface area contributed by atoms with Crippen molar-refractivity contribution >= 4 is 5.82 Å². The van der Waals surface area contributed by atoms with Crippen LogP contribution in [0.4, 0.5) is 5.82 Å². The summed E-state index contributed by atoms with van der Waals surface area (Å²) in [7, 11) is 0. The van der Waals surface area contributed by atoms with Gasteiger partial charge in [0.05, 0.1) is 5.69 Å². The van der Waals surface area contributed by atoms with E-state index in [1.165, 1.54) is 62.6 Å². The highest BCUT2D eigenvalue weighted by atomic mass is 15.1. The molecule has 1 heterocycles. The van der Waals surface area contributed by atoms with Gasteiger partial charge in [0.1, 0.15) is 5.82 Å². The zero-order valence-corrected chi connectivity index (χ0v) is 10.6. The predicted molar refractivity (Wildman–Crippen MR) is 70.8 cm³/mol. The molecule has 0 aromatic carbocycles. The van der Waals surface area contributed by atoms with Crippen LogP contribution in [-0.4, -0.2) is 10.2 Å². The molecule has 1 aromatic heterocycles. The smallest absolute Gasteiger partial charge is 0.146 e. The lowest BCUT2D eigenvalue weighted by atomic mass is 9.99. The summed E-state index contributed by atoms with van der Waals surface area (Å²) in [6, 6.07) is 2.02. The molecule has 0 amide bonds. The van der Waals surface area contributed by atoms with Crippen molar-refractivity contribution in [2.75, 3.05) is 5.73 Å². The van der Waals surface area contributed by atoms with Gasteiger partial charge in [0.2, 0.25) is 0 Å². The van der Waals surface area contributed by atoms with Crippen LogP contribution in [0.1, 0.15) is 62.6 Å². The molecule has 0 saturated heterocycles. The second-order valence-corrected chi connectivity index (χ2v) is 5.07. The van der Waals surface area contributed by atoms with E-state index < -0.39 is 0 Å². The minimum Gasteiger partial charge on any atom is -0.382 e. The maximum Gasteiger partial charge on any atom is 0.146 e. The number of nitrogens with zero attached hydrogens (tertiary/aromatic N) is 2. The SMILES string of the molecule is Nc1cc2c(nn1)CCCCCCCCCC2. The summed E-state index contributed by atoms with van der Waals surface area (Å²) < 4.78 is 0. The van der Waals surface area contributed by atoms with Gasteiger partial charge in [-0.2, -0.15) is 5.10 Å². The number of anilines is 1. The molecule has 1 aliphatic carbocycles. The van der Waals surface area contributed by atoms with Crippen LogP contribution >= 0.6 is 0 Å². The molecule has 17 heavy (non-hydrogen) atoms. The summed E-state index contributed by atoms with van der Waals surface area (Å²) in [4.78, 5) is 0. The van der Waals surface area contributed by atoms with Gasteiger partial charge in [-0.1, -0.05) is 38.5 Å². The van der Waals surface area contributed by atoms with Crippen molar-refractivity contribution < 1.29 is 0 Å². The quantitative estimate of drug-likeness (QED) is 0.748. The first kappa shape index (κ1) is 12.3. The molecule has 1 aromatic rings. The van der Waals surface area contributed by atoms with E-state index in [2.05, 4.69) is 10.2 Å². The third kappa shape index (κ3) is 3.99. The van der Waals surface area contributed by atoms with Crippen molar-refractivity contribution in [2.45, 2.75) is 64.2 Å². The minimum absolute atomic E-state index is 0.566. The standard InChI is InChI=1S/C14H23N3/c15-14-11-12-9-7-5-3-1-2-4-6-8-10-13(12)16-17-14/h11H,1-10H2,(H2,15,17). The summed E-state index contributed by atoms with van der Waals surface area (Å²) in [5.74, 6) is 0.566. The van der Waals surface area contributed by atoms with E-state index in [1.807, 2.05) is 6.07 Å². The fourth-order valence-corrected chi connectivity index (χ4v) is 2.57. The van der Waals surface area contributed by atoms with Crippen molar-refractivity contribution in [3.05, 3.63) is 17.3 Å². The number of aryl methyl sites for hydroxylation is 2. The number of aromatic nitrogens is 2. The van der Waals surface area contributed by atoms with Crippen LogP contribution in [0.3, 0.4) is 0 Å². The molecule has 0 unspecified atom stereocenters. The molecule has 3 heteroatoms. The van der Waals surface area contributed by atoms with E-state index in [-0.39, 0.29) is 0 Å². The van der Waals surface area contributed by atoms with Crippen molar-refractivity contribution in [3.63, 3.8) is 0 Å². The number of rotatable bonds is 0. The summed E-state index contributed by atoms with van der Waals surface area (Å²) >= 11 is 0. The average molecular weight is 233 g/mol. The molecule has 3 nitrogen and oxygen atoms in total. The fraction of sp³-hybridized carbons (Fsp3) is 0.714. The Labute approximate surface area is 104 Å². The summed E-state index contributed by atoms with van der Waals surface area (Å²) in [5.41, 5.74) is 8.24. The summed E-state index contributed by atoms with van der Waals surface area (Å²) in [5, 5.41) is 8.26. The predicted octanol–water partition coefficient (Wildman–Crippen LogP) is 3.28. The summed E-state index contributed by atoms with van der Waals surface area (Å²) in [6.07, 6.45) is 12.9. The van der Waals surface area contributed by atoms with E-state index in [1.54, 1.807) is 0 Å². The maximum absolute atomic E-state index is 5.72. The van der Waals surface area contributed by atoms with Crippen LogP contribution < -0.4 is 5.73 Å². The molecule has 0 spiro atoms. The van der Waals surface area contributed by atoms with Gasteiger partial charge in [-0.25, -0.2) is 0 Å². The van der Waals surface area contributed by atoms with Gasteiger partial charge in [0.25, 0.3) is 0 Å². The van der Waals surface area contributed by atoms with Gasteiger partial charge in [0.15, 0.2) is 0 Å². The second-order valence-electron chi connectivity index (χ2n) is 5.07. The molecule has 0 atom stereocenters. The minimum atomic E-state index is 0.566. The van der Waals surface area contributed by atoms with Crippen molar-refractivity contribution in [2.24, 2.45) is 0 Å². The third-order valence-electron chi connectivity index (χ3n) is 3.59. The molecule has 1 aliphatic rings. The third-order valence-corrected chi connectivity index (χ3v) is 3.59. The number of hydrogen-bond acceptors (Lipinski definition) is 3. The van der Waals surface area contributed by atoms with Crippen molar-refractivity contribution in [3.8, 4) is 0 Å². The van der Waals surface area contributed by atoms with Crippen molar-refractivity contribution in [1.82, 2.24) is 10.2 Å². The van der Waals surface area contributed by atoms with Crippen LogP contribution in [-0.2, 0) is 12.8 Å². The molecule has 0 fully saturated rings.